The Morgan fingerprint density at radius 1 is 1.31 bits per heavy atom. The van der Waals surface area contributed by atoms with Crippen LogP contribution in [-0.2, 0) is 11.2 Å². The van der Waals surface area contributed by atoms with Crippen LogP contribution in [0.25, 0.3) is 0 Å². The fourth-order valence-electron chi connectivity index (χ4n) is 2.27. The highest BCUT2D eigenvalue weighted by molar-refractivity contribution is 9.10. The molecule has 3 rings (SSSR count). The summed E-state index contributed by atoms with van der Waals surface area (Å²) >= 11 is 3.43. The van der Waals surface area contributed by atoms with Gasteiger partial charge in [-0.3, -0.25) is 4.79 Å². The van der Waals surface area contributed by atoms with Gasteiger partial charge in [0.25, 0.3) is 0 Å². The molecule has 2 aliphatic rings. The number of nitrogens with two attached hydrogens (primary N) is 1. The average molecular weight is 281 g/mol. The zero-order valence-electron chi connectivity index (χ0n) is 8.87. The number of nitrogen functional groups attached to an aromatic ring is 1. The molecule has 1 saturated carbocycles. The maximum atomic E-state index is 11.9. The summed E-state index contributed by atoms with van der Waals surface area (Å²) in [6.45, 7) is 0. The summed E-state index contributed by atoms with van der Waals surface area (Å²) in [5.74, 6) is 0.247. The third kappa shape index (κ3) is 1.52. The van der Waals surface area contributed by atoms with Gasteiger partial charge in [-0.05, 0) is 52.9 Å². The van der Waals surface area contributed by atoms with Crippen LogP contribution in [0.5, 0.6) is 0 Å². The molecule has 0 unspecified atom stereocenters. The van der Waals surface area contributed by atoms with Crippen LogP contribution in [0, 0.1) is 0 Å². The lowest BCUT2D eigenvalue weighted by Gasteiger charge is -2.30. The largest absolute Gasteiger partial charge is 0.398 e. The second-order valence-corrected chi connectivity index (χ2v) is 5.35. The second kappa shape index (κ2) is 3.48. The van der Waals surface area contributed by atoms with Crippen molar-refractivity contribution in [3.05, 3.63) is 22.2 Å². The monoisotopic (exact) mass is 280 g/mol. The third-order valence-corrected chi connectivity index (χ3v) is 3.93. The molecule has 1 aromatic rings. The van der Waals surface area contributed by atoms with E-state index in [1.165, 1.54) is 5.56 Å². The lowest BCUT2D eigenvalue weighted by Crippen LogP contribution is -2.36. The molecule has 3 nitrogen and oxygen atoms in total. The number of nitrogens with zero attached hydrogens (tertiary/aromatic N) is 1. The van der Waals surface area contributed by atoms with Crippen molar-refractivity contribution in [2.75, 3.05) is 10.6 Å². The molecule has 1 fully saturated rings. The molecule has 1 aliphatic carbocycles. The molecular formula is C12H13BrN2O. The van der Waals surface area contributed by atoms with Gasteiger partial charge in [0.05, 0.1) is 0 Å². The molecule has 0 atom stereocenters. The number of rotatable bonds is 1. The Hall–Kier alpha value is -1.03. The average Bonchev–Trinajstić information content (AvgIpc) is 3.04. The number of halogens is 1. The Labute approximate surface area is 103 Å². The van der Waals surface area contributed by atoms with Crippen molar-refractivity contribution >= 4 is 33.2 Å². The summed E-state index contributed by atoms with van der Waals surface area (Å²) < 4.78 is 0.927. The van der Waals surface area contributed by atoms with E-state index in [0.29, 0.717) is 18.2 Å². The Bertz CT molecular complexity index is 468. The molecule has 1 amide bonds. The quantitative estimate of drug-likeness (QED) is 0.804. The number of aryl methyl sites for hydroxylation is 1. The van der Waals surface area contributed by atoms with Gasteiger partial charge in [0.1, 0.15) is 0 Å². The van der Waals surface area contributed by atoms with Crippen molar-refractivity contribution in [2.45, 2.75) is 31.7 Å². The zero-order chi connectivity index (χ0) is 11.3. The normalized spacial score (nSPS) is 19.8. The van der Waals surface area contributed by atoms with Gasteiger partial charge in [-0.1, -0.05) is 0 Å². The first-order valence-corrected chi connectivity index (χ1v) is 6.36. The van der Waals surface area contributed by atoms with Crippen LogP contribution in [0.3, 0.4) is 0 Å². The van der Waals surface area contributed by atoms with E-state index in [2.05, 4.69) is 15.9 Å². The summed E-state index contributed by atoms with van der Waals surface area (Å²) in [5.41, 5.74) is 8.85. The van der Waals surface area contributed by atoms with Gasteiger partial charge < -0.3 is 10.6 Å². The molecule has 0 bridgehead atoms. The van der Waals surface area contributed by atoms with Crippen molar-refractivity contribution in [3.63, 3.8) is 0 Å². The summed E-state index contributed by atoms with van der Waals surface area (Å²) in [6.07, 6.45) is 3.71. The predicted octanol–water partition coefficient (Wildman–Crippen LogP) is 2.47. The maximum Gasteiger partial charge on any atom is 0.227 e. The van der Waals surface area contributed by atoms with E-state index >= 15 is 0 Å². The summed E-state index contributed by atoms with van der Waals surface area (Å²) in [7, 11) is 0. The van der Waals surface area contributed by atoms with Crippen LogP contribution in [-0.4, -0.2) is 11.9 Å². The summed E-state index contributed by atoms with van der Waals surface area (Å²) in [5, 5.41) is 0. The van der Waals surface area contributed by atoms with Crippen molar-refractivity contribution < 1.29 is 4.79 Å². The second-order valence-electron chi connectivity index (χ2n) is 4.50. The van der Waals surface area contributed by atoms with Gasteiger partial charge >= 0.3 is 0 Å². The Balaban J connectivity index is 2.11. The van der Waals surface area contributed by atoms with Gasteiger partial charge in [-0.2, -0.15) is 0 Å². The number of anilines is 2. The topological polar surface area (TPSA) is 46.3 Å². The SMILES string of the molecule is Nc1cc2c(cc1Br)CCC(=O)N2C1CC1. The molecule has 0 radical (unpaired) electrons. The first-order valence-electron chi connectivity index (χ1n) is 5.57. The highest BCUT2D eigenvalue weighted by atomic mass is 79.9. The van der Waals surface area contributed by atoms with Gasteiger partial charge in [0.2, 0.25) is 5.91 Å². The van der Waals surface area contributed by atoms with Crippen LogP contribution in [0.1, 0.15) is 24.8 Å². The minimum absolute atomic E-state index is 0.247. The molecule has 0 aromatic heterocycles. The smallest absolute Gasteiger partial charge is 0.227 e. The Morgan fingerprint density at radius 2 is 2.06 bits per heavy atom. The number of carbonyl (C=O) groups is 1. The molecular weight excluding hydrogens is 268 g/mol. The van der Waals surface area contributed by atoms with E-state index in [-0.39, 0.29) is 5.91 Å². The molecule has 2 N–H and O–H groups in total. The van der Waals surface area contributed by atoms with E-state index in [1.54, 1.807) is 0 Å². The van der Waals surface area contributed by atoms with Crippen LogP contribution < -0.4 is 10.6 Å². The van der Waals surface area contributed by atoms with Crippen LogP contribution in [0.4, 0.5) is 11.4 Å². The molecule has 1 aromatic carbocycles. The molecule has 1 aliphatic heterocycles. The molecule has 0 saturated heterocycles. The standard InChI is InChI=1S/C12H13BrN2O/c13-9-5-7-1-4-12(16)15(8-2-3-8)11(7)6-10(9)14/h5-6,8H,1-4,14H2. The number of amides is 1. The molecule has 16 heavy (non-hydrogen) atoms. The van der Waals surface area contributed by atoms with Gasteiger partial charge in [-0.15, -0.1) is 0 Å². The van der Waals surface area contributed by atoms with E-state index < -0.39 is 0 Å². The van der Waals surface area contributed by atoms with E-state index in [9.17, 15) is 4.79 Å². The Morgan fingerprint density at radius 3 is 2.75 bits per heavy atom. The molecule has 1 heterocycles. The summed E-state index contributed by atoms with van der Waals surface area (Å²) in [6, 6.07) is 4.40. The Kier molecular flexibility index (Phi) is 2.21. The van der Waals surface area contributed by atoms with E-state index in [4.69, 9.17) is 5.73 Å². The fourth-order valence-corrected chi connectivity index (χ4v) is 2.66. The first kappa shape index (κ1) is 10.1. The zero-order valence-corrected chi connectivity index (χ0v) is 10.5. The molecule has 84 valence electrons. The highest BCUT2D eigenvalue weighted by Crippen LogP contribution is 2.40. The van der Waals surface area contributed by atoms with E-state index in [0.717, 1.165) is 29.4 Å². The predicted molar refractivity (Wildman–Crippen MR) is 67.4 cm³/mol. The van der Waals surface area contributed by atoms with Crippen LogP contribution >= 0.6 is 15.9 Å². The van der Waals surface area contributed by atoms with Crippen molar-refractivity contribution in [2.24, 2.45) is 0 Å². The number of carbonyl (C=O) groups excluding carboxylic acids is 1. The van der Waals surface area contributed by atoms with Crippen LogP contribution in [0.2, 0.25) is 0 Å². The van der Waals surface area contributed by atoms with Gasteiger partial charge in [0, 0.05) is 28.3 Å². The minimum Gasteiger partial charge on any atom is -0.398 e. The minimum atomic E-state index is 0.247. The number of hydrogen-bond donors (Lipinski definition) is 1. The maximum absolute atomic E-state index is 11.9. The fraction of sp³-hybridized carbons (Fsp3) is 0.417. The molecule has 0 spiro atoms. The first-order chi connectivity index (χ1) is 7.66. The lowest BCUT2D eigenvalue weighted by molar-refractivity contribution is -0.119. The number of fused-ring (bicyclic) bond motifs is 1. The lowest BCUT2D eigenvalue weighted by atomic mass is 10.0. The van der Waals surface area contributed by atoms with Crippen molar-refractivity contribution in [3.8, 4) is 0 Å². The highest BCUT2D eigenvalue weighted by Gasteiger charge is 2.36. The number of benzene rings is 1. The third-order valence-electron chi connectivity index (χ3n) is 3.25. The van der Waals surface area contributed by atoms with E-state index in [1.807, 2.05) is 17.0 Å². The van der Waals surface area contributed by atoms with Gasteiger partial charge in [-0.25, -0.2) is 0 Å². The van der Waals surface area contributed by atoms with Crippen molar-refractivity contribution in [1.82, 2.24) is 0 Å². The van der Waals surface area contributed by atoms with Crippen LogP contribution in [0.15, 0.2) is 16.6 Å². The van der Waals surface area contributed by atoms with Gasteiger partial charge in [0.15, 0.2) is 0 Å². The number of hydrogen-bond acceptors (Lipinski definition) is 2. The summed E-state index contributed by atoms with van der Waals surface area (Å²) in [4.78, 5) is 13.9. The van der Waals surface area contributed by atoms with Crippen molar-refractivity contribution in [1.29, 1.82) is 0 Å². The molecule has 4 heteroatoms.